The first kappa shape index (κ1) is 34.4. The molecule has 3 N–H and O–H groups in total. The van der Waals surface area contributed by atoms with Crippen LogP contribution >= 0.6 is 11.6 Å². The number of nitrogens with zero attached hydrogens (tertiary/aromatic N) is 2. The first-order valence-corrected chi connectivity index (χ1v) is 16.3. The van der Waals surface area contributed by atoms with E-state index in [1.807, 2.05) is 0 Å². The minimum absolute atomic E-state index is 0.0136. The summed E-state index contributed by atoms with van der Waals surface area (Å²) < 4.78 is 75.5. The minimum Gasteiger partial charge on any atom is -0.452 e. The summed E-state index contributed by atoms with van der Waals surface area (Å²) >= 11 is 6.04. The molecule has 0 saturated carbocycles. The molecule has 2 amide bonds. The fourth-order valence-electron chi connectivity index (χ4n) is 5.86. The van der Waals surface area contributed by atoms with Gasteiger partial charge in [0.05, 0.1) is 25.1 Å². The smallest absolute Gasteiger partial charge is 0.420 e. The van der Waals surface area contributed by atoms with Crippen molar-refractivity contribution in [3.05, 3.63) is 99.8 Å². The van der Waals surface area contributed by atoms with Gasteiger partial charge in [-0.15, -0.1) is 0 Å². The first-order chi connectivity index (χ1) is 21.2. The fraction of sp³-hybridized carbons (Fsp3) is 0.355. The number of hydrogen-bond acceptors (Lipinski definition) is 7. The highest BCUT2D eigenvalue weighted by molar-refractivity contribution is 7.88. The Morgan fingerprint density at radius 2 is 1.71 bits per heavy atom. The lowest BCUT2D eigenvalue weighted by Crippen LogP contribution is -2.58. The molecular formula is C31H34ClF3N4O5S. The number of hydrogen-bond donors (Lipinski definition) is 2. The lowest BCUT2D eigenvalue weighted by molar-refractivity contribution is -0.119. The van der Waals surface area contributed by atoms with Gasteiger partial charge in [-0.2, -0.15) is 4.31 Å². The number of imide groups is 1. The molecule has 45 heavy (non-hydrogen) atoms. The Morgan fingerprint density at radius 1 is 1.07 bits per heavy atom. The number of carbonyl (C=O) groups is 2. The van der Waals surface area contributed by atoms with E-state index in [4.69, 9.17) is 22.1 Å². The van der Waals surface area contributed by atoms with Gasteiger partial charge in [0, 0.05) is 47.7 Å². The maximum Gasteiger partial charge on any atom is 0.420 e. The lowest BCUT2D eigenvalue weighted by Gasteiger charge is -2.39. The average Bonchev–Trinajstić information content (AvgIpc) is 2.96. The van der Waals surface area contributed by atoms with Crippen LogP contribution in [0.2, 0.25) is 5.02 Å². The van der Waals surface area contributed by atoms with E-state index in [0.717, 1.165) is 31.6 Å². The largest absolute Gasteiger partial charge is 0.452 e. The summed E-state index contributed by atoms with van der Waals surface area (Å²) in [7, 11) is -2.56. The summed E-state index contributed by atoms with van der Waals surface area (Å²) in [5, 5.41) is 3.54. The molecule has 3 aromatic rings. The maximum absolute atomic E-state index is 15.5. The molecule has 14 heteroatoms. The summed E-state index contributed by atoms with van der Waals surface area (Å²) in [5.41, 5.74) is 6.68. The van der Waals surface area contributed by atoms with Crippen LogP contribution in [0.1, 0.15) is 36.0 Å². The summed E-state index contributed by atoms with van der Waals surface area (Å²) in [6, 6.07) is 10.1. The number of piperazine rings is 1. The van der Waals surface area contributed by atoms with E-state index >= 15 is 4.39 Å². The third-order valence-corrected chi connectivity index (χ3v) is 9.43. The number of halogens is 4. The van der Waals surface area contributed by atoms with Crippen LogP contribution in [0.4, 0.5) is 23.7 Å². The Kier molecular flexibility index (Phi) is 10.9. The quantitative estimate of drug-likeness (QED) is 0.343. The van der Waals surface area contributed by atoms with Crippen LogP contribution in [0.3, 0.4) is 0 Å². The third-order valence-electron chi connectivity index (χ3n) is 7.75. The second-order valence-electron chi connectivity index (χ2n) is 10.9. The van der Waals surface area contributed by atoms with E-state index < -0.39 is 57.5 Å². The summed E-state index contributed by atoms with van der Waals surface area (Å²) in [6.07, 6.45) is 0.0348. The van der Waals surface area contributed by atoms with E-state index in [1.165, 1.54) is 40.7 Å². The average molecular weight is 667 g/mol. The van der Waals surface area contributed by atoms with Crippen molar-refractivity contribution in [2.75, 3.05) is 31.4 Å². The van der Waals surface area contributed by atoms with Crippen LogP contribution in [-0.2, 0) is 26.0 Å². The number of carbonyl (C=O) groups excluding carboxylic acids is 2. The van der Waals surface area contributed by atoms with Crippen molar-refractivity contribution in [1.29, 1.82) is 0 Å². The number of methoxy groups -OCH3 is 1. The van der Waals surface area contributed by atoms with E-state index in [0.29, 0.717) is 34.6 Å². The minimum atomic E-state index is -3.60. The van der Waals surface area contributed by atoms with Crippen molar-refractivity contribution < 1.29 is 35.9 Å². The number of nitrogens with two attached hydrogens (primary N) is 1. The van der Waals surface area contributed by atoms with Gasteiger partial charge in [-0.1, -0.05) is 29.8 Å². The second kappa shape index (κ2) is 14.3. The van der Waals surface area contributed by atoms with E-state index in [-0.39, 0.29) is 35.7 Å². The predicted molar refractivity (Wildman–Crippen MR) is 165 cm³/mol. The molecule has 1 aliphatic rings. The molecule has 4 rings (SSSR count). The first-order valence-electron chi connectivity index (χ1n) is 14.1. The zero-order valence-corrected chi connectivity index (χ0v) is 26.4. The van der Waals surface area contributed by atoms with Crippen LogP contribution in [0, 0.1) is 17.5 Å². The summed E-state index contributed by atoms with van der Waals surface area (Å²) in [4.78, 5) is 27.9. The number of ether oxygens (including phenoxy) is 1. The molecule has 0 radical (unpaired) electrons. The van der Waals surface area contributed by atoms with E-state index in [2.05, 4.69) is 5.32 Å². The Bertz CT molecular complexity index is 1640. The summed E-state index contributed by atoms with van der Waals surface area (Å²) in [5.74, 6) is -4.76. The number of rotatable bonds is 9. The normalized spacial score (nSPS) is 18.7. The lowest BCUT2D eigenvalue weighted by atomic mass is 9.84. The fourth-order valence-corrected chi connectivity index (χ4v) is 7.44. The molecule has 1 fully saturated rings. The van der Waals surface area contributed by atoms with Gasteiger partial charge in [-0.25, -0.2) is 31.3 Å². The Hall–Kier alpha value is -3.49. The Balaban J connectivity index is 1.75. The molecule has 0 spiro atoms. The molecule has 4 atom stereocenters. The van der Waals surface area contributed by atoms with Crippen molar-refractivity contribution >= 4 is 39.3 Å². The highest BCUT2D eigenvalue weighted by Gasteiger charge is 2.38. The van der Waals surface area contributed by atoms with Crippen LogP contribution in [0.15, 0.2) is 60.7 Å². The topological polar surface area (TPSA) is 122 Å². The van der Waals surface area contributed by atoms with E-state index in [1.54, 1.807) is 6.92 Å². The van der Waals surface area contributed by atoms with Gasteiger partial charge >= 0.3 is 6.09 Å². The standard InChI is InChI=1S/C31H34ClF3N4O5S/c1-18-16-37-17-24(39(18)45(3,42)43)11-12-25-26(35)5-4-6-27(25)38(31(41)44-2)30(40)29(36)28(19-7-9-21(32)10-8-19)20-13-22(33)15-23(34)14-20/h4-10,13-15,18,24,28-29,37H,11-12,16-17,36H2,1-3H3/t18-,24-,28-,29-/m0/s1. The highest BCUT2D eigenvalue weighted by atomic mass is 35.5. The van der Waals surface area contributed by atoms with Gasteiger partial charge in [0.25, 0.3) is 5.91 Å². The molecule has 1 saturated heterocycles. The summed E-state index contributed by atoms with van der Waals surface area (Å²) in [6.45, 7) is 2.52. The van der Waals surface area contributed by atoms with Crippen molar-refractivity contribution in [3.63, 3.8) is 0 Å². The number of benzene rings is 3. The number of nitrogens with one attached hydrogen (secondary N) is 1. The van der Waals surface area contributed by atoms with Gasteiger partial charge in [0.1, 0.15) is 17.5 Å². The molecule has 242 valence electrons. The van der Waals surface area contributed by atoms with Crippen molar-refractivity contribution in [3.8, 4) is 0 Å². The van der Waals surface area contributed by atoms with E-state index in [9.17, 15) is 26.8 Å². The van der Waals surface area contributed by atoms with Gasteiger partial charge in [-0.05, 0) is 67.3 Å². The molecule has 1 aliphatic heterocycles. The molecule has 0 bridgehead atoms. The monoisotopic (exact) mass is 666 g/mol. The zero-order chi connectivity index (χ0) is 33.1. The SMILES string of the molecule is COC(=O)N(C(=O)[C@@H](N)[C@@H](c1ccc(Cl)cc1)c1cc(F)cc(F)c1)c1cccc(F)c1CC[C@H]1CNC[C@H](C)N1S(C)(=O)=O. The molecule has 0 unspecified atom stereocenters. The number of anilines is 1. The van der Waals surface area contributed by atoms with Crippen LogP contribution in [0.25, 0.3) is 0 Å². The maximum atomic E-state index is 15.5. The number of amides is 2. The predicted octanol–water partition coefficient (Wildman–Crippen LogP) is 4.57. The van der Waals surface area contributed by atoms with Crippen molar-refractivity contribution in [2.45, 2.75) is 43.8 Å². The van der Waals surface area contributed by atoms with Crippen LogP contribution in [-0.4, -0.2) is 69.3 Å². The highest BCUT2D eigenvalue weighted by Crippen LogP contribution is 2.33. The molecule has 3 aromatic carbocycles. The van der Waals surface area contributed by atoms with Gasteiger partial charge in [0.15, 0.2) is 0 Å². The zero-order valence-electron chi connectivity index (χ0n) is 24.8. The van der Waals surface area contributed by atoms with Crippen molar-refractivity contribution in [1.82, 2.24) is 9.62 Å². The van der Waals surface area contributed by atoms with Crippen LogP contribution in [0.5, 0.6) is 0 Å². The number of sulfonamides is 1. The molecule has 1 heterocycles. The van der Waals surface area contributed by atoms with Crippen LogP contribution < -0.4 is 16.0 Å². The molecular weight excluding hydrogens is 633 g/mol. The van der Waals surface area contributed by atoms with Gasteiger partial charge < -0.3 is 15.8 Å². The van der Waals surface area contributed by atoms with Gasteiger partial charge in [-0.3, -0.25) is 4.79 Å². The van der Waals surface area contributed by atoms with Gasteiger partial charge in [0.2, 0.25) is 10.0 Å². The second-order valence-corrected chi connectivity index (χ2v) is 13.3. The Labute approximate surface area is 265 Å². The third kappa shape index (κ3) is 7.85. The molecule has 0 aliphatic carbocycles. The molecule has 0 aromatic heterocycles. The van der Waals surface area contributed by atoms with Crippen molar-refractivity contribution in [2.24, 2.45) is 5.73 Å². The molecule has 9 nitrogen and oxygen atoms in total. The Morgan fingerprint density at radius 3 is 2.31 bits per heavy atom.